The van der Waals surface area contributed by atoms with E-state index in [0.717, 1.165) is 6.67 Å². The molecule has 0 spiro atoms. The molecule has 0 radical (unpaired) electrons. The normalized spacial score (nSPS) is 14.2. The van der Waals surface area contributed by atoms with Crippen LogP contribution in [0.15, 0.2) is 24.3 Å². The van der Waals surface area contributed by atoms with Crippen LogP contribution >= 0.6 is 24.0 Å². The summed E-state index contributed by atoms with van der Waals surface area (Å²) in [4.78, 5) is 4.49. The number of anilines is 2. The van der Waals surface area contributed by atoms with Gasteiger partial charge in [-0.1, -0.05) is 12.1 Å². The van der Waals surface area contributed by atoms with Gasteiger partial charge in [-0.25, -0.2) is 0 Å². The summed E-state index contributed by atoms with van der Waals surface area (Å²) in [5.74, 6) is 0. The van der Waals surface area contributed by atoms with Gasteiger partial charge in [-0.2, -0.15) is 0 Å². The van der Waals surface area contributed by atoms with Gasteiger partial charge in [0.05, 0.1) is 18.0 Å². The first-order valence-electron chi connectivity index (χ1n) is 3.80. The van der Waals surface area contributed by atoms with E-state index in [2.05, 4.69) is 48.2 Å². The summed E-state index contributed by atoms with van der Waals surface area (Å²) >= 11 is 0. The van der Waals surface area contributed by atoms with Crippen molar-refractivity contribution in [3.05, 3.63) is 24.3 Å². The molecule has 0 unspecified atom stereocenters. The quantitative estimate of drug-likeness (QED) is 0.670. The van der Waals surface area contributed by atoms with Gasteiger partial charge >= 0.3 is 0 Å². The lowest BCUT2D eigenvalue weighted by atomic mass is 10.3. The molecule has 1 aromatic carbocycles. The Kier molecular flexibility index (Phi) is 2.82. The lowest BCUT2D eigenvalue weighted by Crippen LogP contribution is -2.23. The first kappa shape index (κ1) is 9.64. The van der Waals surface area contributed by atoms with Crippen LogP contribution in [0.2, 0.25) is 0 Å². The predicted molar refractivity (Wildman–Crippen MR) is 63.5 cm³/mol. The molecule has 2 rings (SSSR count). The average molecular weight is 276 g/mol. The van der Waals surface area contributed by atoms with Crippen LogP contribution in [-0.4, -0.2) is 20.8 Å². The van der Waals surface area contributed by atoms with Gasteiger partial charge in [0.25, 0.3) is 0 Å². The molecule has 12 heavy (non-hydrogen) atoms. The highest BCUT2D eigenvalue weighted by Gasteiger charge is 2.18. The highest BCUT2D eigenvalue weighted by atomic mass is 127. The van der Waals surface area contributed by atoms with Crippen LogP contribution in [0.25, 0.3) is 0 Å². The number of halogens is 1. The molecule has 0 aromatic heterocycles. The third-order valence-electron chi connectivity index (χ3n) is 2.13. The molecule has 0 fully saturated rings. The Balaban J connectivity index is 0.000000720. The number of benzene rings is 1. The van der Waals surface area contributed by atoms with E-state index in [1.807, 2.05) is 0 Å². The molecule has 1 heterocycles. The zero-order valence-electron chi connectivity index (χ0n) is 7.32. The first-order valence-corrected chi connectivity index (χ1v) is 3.80. The van der Waals surface area contributed by atoms with Gasteiger partial charge < -0.3 is 9.80 Å². The van der Waals surface area contributed by atoms with Crippen LogP contribution in [0, 0.1) is 0 Å². The number of fused-ring (bicyclic) bond motifs is 1. The van der Waals surface area contributed by atoms with E-state index in [-0.39, 0.29) is 24.0 Å². The van der Waals surface area contributed by atoms with E-state index >= 15 is 0 Å². The lowest BCUT2D eigenvalue weighted by molar-refractivity contribution is 0.916. The van der Waals surface area contributed by atoms with Crippen LogP contribution in [0.3, 0.4) is 0 Å². The molecule has 0 amide bonds. The van der Waals surface area contributed by atoms with Crippen LogP contribution < -0.4 is 9.80 Å². The molecule has 0 aliphatic carbocycles. The van der Waals surface area contributed by atoms with Crippen LogP contribution in [0.1, 0.15) is 0 Å². The maximum absolute atomic E-state index is 2.25. The summed E-state index contributed by atoms with van der Waals surface area (Å²) < 4.78 is 0. The van der Waals surface area contributed by atoms with Gasteiger partial charge in [0.2, 0.25) is 0 Å². The Morgan fingerprint density at radius 2 is 1.42 bits per heavy atom. The monoisotopic (exact) mass is 276 g/mol. The summed E-state index contributed by atoms with van der Waals surface area (Å²) in [6.45, 7) is 0.999. The van der Waals surface area contributed by atoms with Crippen LogP contribution in [0.5, 0.6) is 0 Å². The van der Waals surface area contributed by atoms with Crippen molar-refractivity contribution in [1.29, 1.82) is 0 Å². The molecule has 3 heteroatoms. The second-order valence-electron chi connectivity index (χ2n) is 3.03. The summed E-state index contributed by atoms with van der Waals surface area (Å²) in [7, 11) is 4.23. The van der Waals surface area contributed by atoms with Gasteiger partial charge in [0.15, 0.2) is 0 Å². The van der Waals surface area contributed by atoms with E-state index in [4.69, 9.17) is 0 Å². The van der Waals surface area contributed by atoms with Crippen molar-refractivity contribution < 1.29 is 0 Å². The van der Waals surface area contributed by atoms with E-state index < -0.39 is 0 Å². The van der Waals surface area contributed by atoms with Crippen molar-refractivity contribution in [2.24, 2.45) is 0 Å². The Labute approximate surface area is 90.2 Å². The Bertz CT molecular complexity index is 248. The van der Waals surface area contributed by atoms with E-state index in [9.17, 15) is 0 Å². The number of hydrogen-bond acceptors (Lipinski definition) is 2. The summed E-state index contributed by atoms with van der Waals surface area (Å²) in [6.07, 6.45) is 0. The summed E-state index contributed by atoms with van der Waals surface area (Å²) in [6, 6.07) is 8.46. The van der Waals surface area contributed by atoms with Gasteiger partial charge in [-0.3, -0.25) is 0 Å². The lowest BCUT2D eigenvalue weighted by Gasteiger charge is -2.11. The Hall–Kier alpha value is -0.450. The second kappa shape index (κ2) is 3.51. The van der Waals surface area contributed by atoms with Crippen molar-refractivity contribution in [2.45, 2.75) is 0 Å². The zero-order chi connectivity index (χ0) is 7.84. The highest BCUT2D eigenvalue weighted by molar-refractivity contribution is 14.0. The minimum atomic E-state index is 0. The molecule has 0 saturated heterocycles. The topological polar surface area (TPSA) is 6.48 Å². The van der Waals surface area contributed by atoms with Crippen molar-refractivity contribution in [1.82, 2.24) is 0 Å². The van der Waals surface area contributed by atoms with Crippen molar-refractivity contribution in [3.63, 3.8) is 0 Å². The summed E-state index contributed by atoms with van der Waals surface area (Å²) in [5.41, 5.74) is 2.66. The molecule has 0 bridgehead atoms. The van der Waals surface area contributed by atoms with Gasteiger partial charge in [-0.05, 0) is 12.1 Å². The third kappa shape index (κ3) is 1.37. The molecular weight excluding hydrogens is 263 g/mol. The van der Waals surface area contributed by atoms with Gasteiger partial charge in [0, 0.05) is 14.1 Å². The van der Waals surface area contributed by atoms with Crippen molar-refractivity contribution in [3.8, 4) is 0 Å². The molecule has 0 saturated carbocycles. The van der Waals surface area contributed by atoms with Crippen molar-refractivity contribution >= 4 is 35.4 Å². The largest absolute Gasteiger partial charge is 0.355 e. The fourth-order valence-electron chi connectivity index (χ4n) is 1.58. The molecule has 0 atom stereocenters. The summed E-state index contributed by atoms with van der Waals surface area (Å²) in [5, 5.41) is 0. The fraction of sp³-hybridized carbons (Fsp3) is 0.333. The molecule has 2 nitrogen and oxygen atoms in total. The SMILES string of the molecule is CN1CN(C)c2ccccc21.I. The van der Waals surface area contributed by atoms with E-state index in [1.165, 1.54) is 11.4 Å². The molecular formula is C9H13IN2. The number of nitrogens with zero attached hydrogens (tertiary/aromatic N) is 2. The van der Waals surface area contributed by atoms with Crippen molar-refractivity contribution in [2.75, 3.05) is 30.6 Å². The van der Waals surface area contributed by atoms with E-state index in [1.54, 1.807) is 0 Å². The third-order valence-corrected chi connectivity index (χ3v) is 2.13. The van der Waals surface area contributed by atoms with Gasteiger partial charge in [0.1, 0.15) is 0 Å². The fourth-order valence-corrected chi connectivity index (χ4v) is 1.58. The molecule has 0 N–H and O–H groups in total. The van der Waals surface area contributed by atoms with Crippen LogP contribution in [0.4, 0.5) is 11.4 Å². The Morgan fingerprint density at radius 1 is 1.00 bits per heavy atom. The molecule has 66 valence electrons. The number of rotatable bonds is 0. The standard InChI is InChI=1S/C9H12N2.HI/c1-10-7-11(2)9-6-4-3-5-8(9)10;/h3-6H,7H2,1-2H3;1H. The maximum atomic E-state index is 2.25. The second-order valence-corrected chi connectivity index (χ2v) is 3.03. The van der Waals surface area contributed by atoms with Gasteiger partial charge in [-0.15, -0.1) is 24.0 Å². The minimum Gasteiger partial charge on any atom is -0.355 e. The minimum absolute atomic E-state index is 0. The zero-order valence-corrected chi connectivity index (χ0v) is 9.65. The smallest absolute Gasteiger partial charge is 0.0898 e. The Morgan fingerprint density at radius 3 is 1.83 bits per heavy atom. The highest BCUT2D eigenvalue weighted by Crippen LogP contribution is 2.32. The first-order chi connectivity index (χ1) is 5.29. The molecule has 1 aromatic rings. The molecule has 1 aliphatic heterocycles. The van der Waals surface area contributed by atoms with Crippen LogP contribution in [-0.2, 0) is 0 Å². The number of hydrogen-bond donors (Lipinski definition) is 0. The average Bonchev–Trinajstić information content (AvgIpc) is 2.30. The van der Waals surface area contributed by atoms with E-state index in [0.29, 0.717) is 0 Å². The predicted octanol–water partition coefficient (Wildman–Crippen LogP) is 2.15. The molecule has 1 aliphatic rings. The number of para-hydroxylation sites is 2. The maximum Gasteiger partial charge on any atom is 0.0898 e.